The summed E-state index contributed by atoms with van der Waals surface area (Å²) in [5.74, 6) is 0.706. The Hall–Kier alpha value is -1.13. The maximum atomic E-state index is 10.8. The van der Waals surface area contributed by atoms with E-state index in [1.54, 1.807) is 19.5 Å². The van der Waals surface area contributed by atoms with Crippen LogP contribution in [0.25, 0.3) is 0 Å². The Morgan fingerprint density at radius 3 is 2.79 bits per heavy atom. The number of nitrogens with zero attached hydrogens (tertiary/aromatic N) is 1. The molecule has 1 aromatic rings. The van der Waals surface area contributed by atoms with Gasteiger partial charge in [0.25, 0.3) is 0 Å². The molecule has 0 radical (unpaired) electrons. The van der Waals surface area contributed by atoms with E-state index in [1.165, 1.54) is 0 Å². The number of pyridine rings is 1. The lowest BCUT2D eigenvalue weighted by molar-refractivity contribution is -0.00871. The summed E-state index contributed by atoms with van der Waals surface area (Å²) in [6, 6.07) is 2.44. The van der Waals surface area contributed by atoms with Crippen LogP contribution in [0, 0.1) is 0 Å². The summed E-state index contributed by atoms with van der Waals surface area (Å²) in [5.41, 5.74) is 0.132. The summed E-state index contributed by atoms with van der Waals surface area (Å²) >= 11 is 0. The SMILES string of the molecule is CCCNC1CCC(O)(c2cncc(OC)c2)CC1. The molecule has 2 rings (SSSR count). The molecule has 0 amide bonds. The Bertz CT molecular complexity index is 401. The Morgan fingerprint density at radius 1 is 1.42 bits per heavy atom. The van der Waals surface area contributed by atoms with Crippen molar-refractivity contribution in [3.63, 3.8) is 0 Å². The topological polar surface area (TPSA) is 54.4 Å². The summed E-state index contributed by atoms with van der Waals surface area (Å²) in [5, 5.41) is 14.3. The van der Waals surface area contributed by atoms with Crippen LogP contribution in [0.5, 0.6) is 5.75 Å². The van der Waals surface area contributed by atoms with Gasteiger partial charge < -0.3 is 15.2 Å². The van der Waals surface area contributed by atoms with Crippen molar-refractivity contribution in [2.24, 2.45) is 0 Å². The zero-order valence-corrected chi connectivity index (χ0v) is 11.9. The van der Waals surface area contributed by atoms with Crippen LogP contribution in [-0.4, -0.2) is 29.8 Å². The zero-order valence-electron chi connectivity index (χ0n) is 11.9. The Balaban J connectivity index is 2.00. The van der Waals surface area contributed by atoms with E-state index in [0.717, 1.165) is 44.2 Å². The van der Waals surface area contributed by atoms with Crippen LogP contribution in [0.2, 0.25) is 0 Å². The van der Waals surface area contributed by atoms with Gasteiger partial charge in [-0.15, -0.1) is 0 Å². The maximum Gasteiger partial charge on any atom is 0.137 e. The van der Waals surface area contributed by atoms with Crippen LogP contribution in [-0.2, 0) is 5.60 Å². The second-order valence-corrected chi connectivity index (χ2v) is 5.37. The second kappa shape index (κ2) is 6.35. The number of hydrogen-bond acceptors (Lipinski definition) is 4. The molecule has 19 heavy (non-hydrogen) atoms. The molecule has 4 nitrogen and oxygen atoms in total. The van der Waals surface area contributed by atoms with Crippen LogP contribution >= 0.6 is 0 Å². The van der Waals surface area contributed by atoms with Gasteiger partial charge in [0.2, 0.25) is 0 Å². The molecule has 1 saturated carbocycles. The van der Waals surface area contributed by atoms with Crippen molar-refractivity contribution in [3.05, 3.63) is 24.0 Å². The summed E-state index contributed by atoms with van der Waals surface area (Å²) in [7, 11) is 1.62. The van der Waals surface area contributed by atoms with Crippen molar-refractivity contribution in [1.29, 1.82) is 0 Å². The normalized spacial score (nSPS) is 27.2. The molecule has 1 aliphatic rings. The Morgan fingerprint density at radius 2 is 2.16 bits per heavy atom. The van der Waals surface area contributed by atoms with Gasteiger partial charge in [-0.1, -0.05) is 6.92 Å². The quantitative estimate of drug-likeness (QED) is 0.856. The molecule has 0 aliphatic heterocycles. The van der Waals surface area contributed by atoms with Gasteiger partial charge in [-0.25, -0.2) is 0 Å². The van der Waals surface area contributed by atoms with E-state index in [1.807, 2.05) is 6.07 Å². The van der Waals surface area contributed by atoms with Crippen molar-refractivity contribution in [2.45, 2.75) is 50.7 Å². The van der Waals surface area contributed by atoms with Gasteiger partial charge in [0.15, 0.2) is 0 Å². The minimum Gasteiger partial charge on any atom is -0.495 e. The first-order valence-electron chi connectivity index (χ1n) is 7.13. The van der Waals surface area contributed by atoms with Gasteiger partial charge in [-0.2, -0.15) is 0 Å². The second-order valence-electron chi connectivity index (χ2n) is 5.37. The van der Waals surface area contributed by atoms with E-state index in [0.29, 0.717) is 11.8 Å². The molecule has 0 atom stereocenters. The first-order chi connectivity index (χ1) is 9.18. The van der Waals surface area contributed by atoms with E-state index in [-0.39, 0.29) is 0 Å². The summed E-state index contributed by atoms with van der Waals surface area (Å²) in [6.07, 6.45) is 8.15. The fourth-order valence-corrected chi connectivity index (χ4v) is 2.72. The molecule has 1 fully saturated rings. The van der Waals surface area contributed by atoms with E-state index in [4.69, 9.17) is 4.74 Å². The maximum absolute atomic E-state index is 10.8. The van der Waals surface area contributed by atoms with Crippen LogP contribution in [0.4, 0.5) is 0 Å². The molecule has 0 unspecified atom stereocenters. The third-order valence-corrected chi connectivity index (χ3v) is 3.98. The van der Waals surface area contributed by atoms with Crippen LogP contribution in [0.1, 0.15) is 44.6 Å². The van der Waals surface area contributed by atoms with Gasteiger partial charge in [0.1, 0.15) is 5.75 Å². The summed E-state index contributed by atoms with van der Waals surface area (Å²) < 4.78 is 5.18. The highest BCUT2D eigenvalue weighted by atomic mass is 16.5. The van der Waals surface area contributed by atoms with Crippen LogP contribution in [0.15, 0.2) is 18.5 Å². The minimum absolute atomic E-state index is 0.541. The molecule has 0 aromatic carbocycles. The zero-order chi connectivity index (χ0) is 13.7. The average molecular weight is 264 g/mol. The standard InChI is InChI=1S/C15H24N2O2/c1-3-8-17-13-4-6-15(18,7-5-13)12-9-14(19-2)11-16-10-12/h9-11,13,17-18H,3-8H2,1-2H3. The highest BCUT2D eigenvalue weighted by molar-refractivity contribution is 5.28. The highest BCUT2D eigenvalue weighted by Gasteiger charge is 2.35. The van der Waals surface area contributed by atoms with Crippen molar-refractivity contribution < 1.29 is 9.84 Å². The van der Waals surface area contributed by atoms with E-state index in [9.17, 15) is 5.11 Å². The van der Waals surface area contributed by atoms with Gasteiger partial charge >= 0.3 is 0 Å². The molecule has 106 valence electrons. The molecule has 2 N–H and O–H groups in total. The van der Waals surface area contributed by atoms with Crippen molar-refractivity contribution in [3.8, 4) is 5.75 Å². The number of aliphatic hydroxyl groups is 1. The first-order valence-corrected chi connectivity index (χ1v) is 7.13. The molecular weight excluding hydrogens is 240 g/mol. The van der Waals surface area contributed by atoms with Crippen molar-refractivity contribution >= 4 is 0 Å². The molecule has 1 aliphatic carbocycles. The predicted molar refractivity (Wildman–Crippen MR) is 75.2 cm³/mol. The Labute approximate surface area is 115 Å². The molecule has 0 bridgehead atoms. The lowest BCUT2D eigenvalue weighted by Crippen LogP contribution is -2.40. The molecule has 0 spiro atoms. The third kappa shape index (κ3) is 3.45. The summed E-state index contributed by atoms with van der Waals surface area (Å²) in [6.45, 7) is 3.23. The third-order valence-electron chi connectivity index (χ3n) is 3.98. The number of nitrogens with one attached hydrogen (secondary N) is 1. The first kappa shape index (κ1) is 14.3. The molecule has 4 heteroatoms. The smallest absolute Gasteiger partial charge is 0.137 e. The lowest BCUT2D eigenvalue weighted by atomic mass is 9.78. The Kier molecular flexibility index (Phi) is 4.77. The van der Waals surface area contributed by atoms with Gasteiger partial charge in [0, 0.05) is 17.8 Å². The molecule has 1 heterocycles. The fourth-order valence-electron chi connectivity index (χ4n) is 2.72. The monoisotopic (exact) mass is 264 g/mol. The van der Waals surface area contributed by atoms with Gasteiger partial charge in [-0.05, 0) is 44.7 Å². The number of hydrogen-bond donors (Lipinski definition) is 2. The lowest BCUT2D eigenvalue weighted by Gasteiger charge is -2.36. The molecular formula is C15H24N2O2. The largest absolute Gasteiger partial charge is 0.495 e. The number of rotatable bonds is 5. The van der Waals surface area contributed by atoms with Crippen molar-refractivity contribution in [2.75, 3.05) is 13.7 Å². The van der Waals surface area contributed by atoms with Crippen LogP contribution in [0.3, 0.4) is 0 Å². The van der Waals surface area contributed by atoms with E-state index < -0.39 is 5.60 Å². The minimum atomic E-state index is -0.744. The predicted octanol–water partition coefficient (Wildman–Crippen LogP) is 2.22. The average Bonchev–Trinajstić information content (AvgIpc) is 2.47. The number of methoxy groups -OCH3 is 1. The molecule has 1 aromatic heterocycles. The van der Waals surface area contributed by atoms with E-state index >= 15 is 0 Å². The summed E-state index contributed by atoms with van der Waals surface area (Å²) in [4.78, 5) is 4.14. The fraction of sp³-hybridized carbons (Fsp3) is 0.667. The number of aromatic nitrogens is 1. The molecule has 0 saturated heterocycles. The van der Waals surface area contributed by atoms with Gasteiger partial charge in [-0.3, -0.25) is 4.98 Å². The highest BCUT2D eigenvalue weighted by Crippen LogP contribution is 2.37. The van der Waals surface area contributed by atoms with E-state index in [2.05, 4.69) is 17.2 Å². The number of ether oxygens (including phenoxy) is 1. The van der Waals surface area contributed by atoms with Gasteiger partial charge in [0.05, 0.1) is 18.9 Å². The van der Waals surface area contributed by atoms with Crippen LogP contribution < -0.4 is 10.1 Å². The van der Waals surface area contributed by atoms with Crippen molar-refractivity contribution in [1.82, 2.24) is 10.3 Å².